The van der Waals surface area contributed by atoms with Crippen LogP contribution in [-0.2, 0) is 0 Å². The van der Waals surface area contributed by atoms with Gasteiger partial charge in [0.1, 0.15) is 0 Å². The number of benzene rings is 1. The van der Waals surface area contributed by atoms with Gasteiger partial charge in [-0.15, -0.1) is 24.8 Å². The summed E-state index contributed by atoms with van der Waals surface area (Å²) < 4.78 is 0. The lowest BCUT2D eigenvalue weighted by Gasteiger charge is -2.24. The van der Waals surface area contributed by atoms with Gasteiger partial charge in [-0.25, -0.2) is 0 Å². The van der Waals surface area contributed by atoms with E-state index in [4.69, 9.17) is 0 Å². The molecular weight excluding hydrogens is 345 g/mol. The highest BCUT2D eigenvalue weighted by molar-refractivity contribution is 6.00. The van der Waals surface area contributed by atoms with Crippen molar-refractivity contribution in [2.75, 3.05) is 44.7 Å². The van der Waals surface area contributed by atoms with E-state index in [9.17, 15) is 4.79 Å². The number of nitrogens with zero attached hydrogens (tertiary/aromatic N) is 2. The molecule has 4 nitrogen and oxygen atoms in total. The van der Waals surface area contributed by atoms with Gasteiger partial charge in [-0.05, 0) is 57.8 Å². The third kappa shape index (κ3) is 4.56. The second kappa shape index (κ2) is 9.50. The van der Waals surface area contributed by atoms with E-state index in [0.717, 1.165) is 56.0 Å². The normalized spacial score (nSPS) is 19.8. The predicted octanol–water partition coefficient (Wildman–Crippen LogP) is 3.12. The van der Waals surface area contributed by atoms with Crippen molar-refractivity contribution < 1.29 is 4.79 Å². The molecule has 1 atom stereocenters. The fourth-order valence-corrected chi connectivity index (χ4v) is 3.70. The van der Waals surface area contributed by atoms with E-state index in [2.05, 4.69) is 35.3 Å². The van der Waals surface area contributed by atoms with Crippen LogP contribution in [0.5, 0.6) is 0 Å². The number of anilines is 1. The van der Waals surface area contributed by atoms with E-state index in [1.807, 2.05) is 11.9 Å². The van der Waals surface area contributed by atoms with Gasteiger partial charge in [-0.1, -0.05) is 11.6 Å². The maximum Gasteiger partial charge on any atom is 0.255 e. The SMILES string of the molecule is CNCC1CCN(C(=O)c2cc(C)ccc2N2CCCC2)C1.Cl.Cl. The molecule has 0 saturated carbocycles. The number of halogens is 2. The molecule has 1 N–H and O–H groups in total. The minimum atomic E-state index is 0. The minimum absolute atomic E-state index is 0. The lowest BCUT2D eigenvalue weighted by atomic mass is 10.1. The molecule has 2 heterocycles. The summed E-state index contributed by atoms with van der Waals surface area (Å²) in [5, 5.41) is 3.23. The lowest BCUT2D eigenvalue weighted by molar-refractivity contribution is 0.0787. The quantitative estimate of drug-likeness (QED) is 0.880. The van der Waals surface area contributed by atoms with Crippen LogP contribution in [0.2, 0.25) is 0 Å². The fourth-order valence-electron chi connectivity index (χ4n) is 3.70. The number of carbonyl (C=O) groups is 1. The van der Waals surface area contributed by atoms with Gasteiger partial charge in [-0.3, -0.25) is 4.79 Å². The minimum Gasteiger partial charge on any atom is -0.371 e. The maximum absolute atomic E-state index is 13.0. The zero-order chi connectivity index (χ0) is 15.5. The van der Waals surface area contributed by atoms with Gasteiger partial charge < -0.3 is 15.1 Å². The van der Waals surface area contributed by atoms with E-state index in [1.165, 1.54) is 12.8 Å². The third-order valence-corrected chi connectivity index (χ3v) is 4.90. The first-order chi connectivity index (χ1) is 10.7. The van der Waals surface area contributed by atoms with Crippen molar-refractivity contribution in [2.24, 2.45) is 5.92 Å². The molecule has 3 rings (SSSR count). The number of nitrogens with one attached hydrogen (secondary N) is 1. The van der Waals surface area contributed by atoms with Crippen LogP contribution >= 0.6 is 24.8 Å². The highest BCUT2D eigenvalue weighted by Gasteiger charge is 2.29. The smallest absolute Gasteiger partial charge is 0.255 e. The highest BCUT2D eigenvalue weighted by Crippen LogP contribution is 2.28. The summed E-state index contributed by atoms with van der Waals surface area (Å²) >= 11 is 0. The summed E-state index contributed by atoms with van der Waals surface area (Å²) in [7, 11) is 1.98. The molecule has 2 aliphatic rings. The van der Waals surface area contributed by atoms with Crippen molar-refractivity contribution in [3.8, 4) is 0 Å². The van der Waals surface area contributed by atoms with E-state index in [0.29, 0.717) is 5.92 Å². The molecule has 1 unspecified atom stereocenters. The Morgan fingerprint density at radius 2 is 1.92 bits per heavy atom. The van der Waals surface area contributed by atoms with Crippen LogP contribution in [0.4, 0.5) is 5.69 Å². The molecule has 0 aliphatic carbocycles. The van der Waals surface area contributed by atoms with Gasteiger partial charge in [0.2, 0.25) is 0 Å². The van der Waals surface area contributed by atoms with E-state index in [1.54, 1.807) is 0 Å². The second-order valence-electron chi connectivity index (χ2n) is 6.68. The first-order valence-corrected chi connectivity index (χ1v) is 8.48. The molecule has 1 aromatic carbocycles. The molecule has 2 saturated heterocycles. The van der Waals surface area contributed by atoms with Crippen molar-refractivity contribution >= 4 is 36.4 Å². The number of hydrogen-bond acceptors (Lipinski definition) is 3. The van der Waals surface area contributed by atoms with Gasteiger partial charge in [-0.2, -0.15) is 0 Å². The predicted molar refractivity (Wildman–Crippen MR) is 105 cm³/mol. The monoisotopic (exact) mass is 373 g/mol. The Hall–Kier alpha value is -0.970. The van der Waals surface area contributed by atoms with Gasteiger partial charge in [0.15, 0.2) is 0 Å². The molecule has 0 aromatic heterocycles. The first kappa shape index (κ1) is 21.1. The Labute approximate surface area is 157 Å². The summed E-state index contributed by atoms with van der Waals surface area (Å²) in [4.78, 5) is 17.4. The molecule has 6 heteroatoms. The van der Waals surface area contributed by atoms with Crippen LogP contribution in [0, 0.1) is 12.8 Å². The number of hydrogen-bond donors (Lipinski definition) is 1. The molecule has 0 spiro atoms. The van der Waals surface area contributed by atoms with Crippen LogP contribution < -0.4 is 10.2 Å². The number of amides is 1. The molecule has 1 amide bonds. The molecule has 1 aromatic rings. The Kier molecular flexibility index (Phi) is 8.34. The number of likely N-dealkylation sites (tertiary alicyclic amines) is 1. The number of rotatable bonds is 4. The Morgan fingerprint density at radius 3 is 2.58 bits per heavy atom. The zero-order valence-corrected chi connectivity index (χ0v) is 16.2. The summed E-state index contributed by atoms with van der Waals surface area (Å²) in [5.74, 6) is 0.804. The highest BCUT2D eigenvalue weighted by atomic mass is 35.5. The fraction of sp³-hybridized carbons (Fsp3) is 0.611. The Morgan fingerprint density at radius 1 is 1.21 bits per heavy atom. The van der Waals surface area contributed by atoms with E-state index < -0.39 is 0 Å². The summed E-state index contributed by atoms with van der Waals surface area (Å²) in [6.45, 7) is 6.98. The third-order valence-electron chi connectivity index (χ3n) is 4.90. The average molecular weight is 374 g/mol. The zero-order valence-electron chi connectivity index (χ0n) is 14.6. The van der Waals surface area contributed by atoms with Gasteiger partial charge in [0, 0.05) is 31.9 Å². The summed E-state index contributed by atoms with van der Waals surface area (Å²) in [5.41, 5.74) is 3.19. The van der Waals surface area contributed by atoms with Gasteiger partial charge >= 0.3 is 0 Å². The van der Waals surface area contributed by atoms with Crippen molar-refractivity contribution in [1.82, 2.24) is 10.2 Å². The van der Waals surface area contributed by atoms with Crippen molar-refractivity contribution in [3.63, 3.8) is 0 Å². The largest absolute Gasteiger partial charge is 0.371 e. The summed E-state index contributed by atoms with van der Waals surface area (Å²) in [6, 6.07) is 6.33. The molecule has 0 bridgehead atoms. The Balaban J connectivity index is 0.00000144. The molecule has 24 heavy (non-hydrogen) atoms. The van der Waals surface area contributed by atoms with Crippen LogP contribution in [0.1, 0.15) is 35.2 Å². The molecule has 2 aliphatic heterocycles. The van der Waals surface area contributed by atoms with E-state index in [-0.39, 0.29) is 30.7 Å². The standard InChI is InChI=1S/C18H27N3O.2ClH/c1-14-5-6-17(20-8-3-4-9-20)16(11-14)18(22)21-10-7-15(13-21)12-19-2;;/h5-6,11,15,19H,3-4,7-10,12-13H2,1-2H3;2*1H. The number of aryl methyl sites for hydroxylation is 1. The maximum atomic E-state index is 13.0. The van der Waals surface area contributed by atoms with Crippen LogP contribution in [0.15, 0.2) is 18.2 Å². The van der Waals surface area contributed by atoms with E-state index >= 15 is 0 Å². The molecular formula is C18H29Cl2N3O. The topological polar surface area (TPSA) is 35.6 Å². The first-order valence-electron chi connectivity index (χ1n) is 8.48. The van der Waals surface area contributed by atoms with Gasteiger partial charge in [0.05, 0.1) is 5.56 Å². The van der Waals surface area contributed by atoms with Crippen LogP contribution in [-0.4, -0.2) is 50.6 Å². The number of carbonyl (C=O) groups excluding carboxylic acids is 1. The molecule has 136 valence electrons. The molecule has 2 fully saturated rings. The van der Waals surface area contributed by atoms with Crippen molar-refractivity contribution in [2.45, 2.75) is 26.2 Å². The van der Waals surface area contributed by atoms with Crippen LogP contribution in [0.3, 0.4) is 0 Å². The second-order valence-corrected chi connectivity index (χ2v) is 6.68. The van der Waals surface area contributed by atoms with Crippen molar-refractivity contribution in [1.29, 1.82) is 0 Å². The Bertz CT molecular complexity index is 547. The van der Waals surface area contributed by atoms with Crippen LogP contribution in [0.25, 0.3) is 0 Å². The van der Waals surface area contributed by atoms with Crippen molar-refractivity contribution in [3.05, 3.63) is 29.3 Å². The van der Waals surface area contributed by atoms with Gasteiger partial charge in [0.25, 0.3) is 5.91 Å². The lowest BCUT2D eigenvalue weighted by Crippen LogP contribution is -2.32. The molecule has 0 radical (unpaired) electrons. The average Bonchev–Trinajstić information content (AvgIpc) is 3.18. The summed E-state index contributed by atoms with van der Waals surface area (Å²) in [6.07, 6.45) is 3.57.